The van der Waals surface area contributed by atoms with E-state index in [1.165, 1.54) is 16.8 Å². The van der Waals surface area contributed by atoms with Crippen LogP contribution in [0.2, 0.25) is 5.02 Å². The lowest BCUT2D eigenvalue weighted by molar-refractivity contribution is -0.137. The molecule has 0 atom stereocenters. The highest BCUT2D eigenvalue weighted by Crippen LogP contribution is 2.31. The van der Waals surface area contributed by atoms with E-state index in [-0.39, 0.29) is 22.3 Å². The molecule has 0 unspecified atom stereocenters. The highest BCUT2D eigenvalue weighted by molar-refractivity contribution is 6.30. The van der Waals surface area contributed by atoms with Gasteiger partial charge in [0.2, 0.25) is 0 Å². The average molecular weight is 444 g/mol. The molecule has 0 bridgehead atoms. The molecular formula is C23H13ClF3NO3. The second-order valence-corrected chi connectivity index (χ2v) is 7.09. The Balaban J connectivity index is 1.82. The molecule has 0 aliphatic rings. The number of hydrogen-bond acceptors (Lipinski definition) is 3. The van der Waals surface area contributed by atoms with Crippen LogP contribution in [0.5, 0.6) is 5.75 Å². The molecule has 1 aromatic heterocycles. The number of halogens is 4. The molecule has 0 N–H and O–H groups in total. The SMILES string of the molecule is O=C(Oc1cccc(C(F)(F)F)c1)c1cn(-c2ccc(Cl)cc2)c(=O)c2ccccc12. The Morgan fingerprint density at radius 2 is 1.58 bits per heavy atom. The summed E-state index contributed by atoms with van der Waals surface area (Å²) in [5, 5.41) is 1.06. The van der Waals surface area contributed by atoms with E-state index in [4.69, 9.17) is 16.3 Å². The number of hydrogen-bond donors (Lipinski definition) is 0. The lowest BCUT2D eigenvalue weighted by atomic mass is 10.1. The quantitative estimate of drug-likeness (QED) is 0.293. The van der Waals surface area contributed by atoms with Crippen LogP contribution in [0.3, 0.4) is 0 Å². The zero-order valence-corrected chi connectivity index (χ0v) is 16.4. The molecule has 4 rings (SSSR count). The molecule has 4 nitrogen and oxygen atoms in total. The molecule has 8 heteroatoms. The Morgan fingerprint density at radius 1 is 0.903 bits per heavy atom. The summed E-state index contributed by atoms with van der Waals surface area (Å²) in [6, 6.07) is 16.9. The third-order valence-corrected chi connectivity index (χ3v) is 4.87. The third kappa shape index (κ3) is 4.18. The summed E-state index contributed by atoms with van der Waals surface area (Å²) < 4.78 is 45.4. The number of carbonyl (C=O) groups excluding carboxylic acids is 1. The number of alkyl halides is 3. The first-order valence-corrected chi connectivity index (χ1v) is 9.41. The van der Waals surface area contributed by atoms with Crippen LogP contribution in [0, 0.1) is 0 Å². The monoisotopic (exact) mass is 443 g/mol. The molecule has 0 saturated carbocycles. The van der Waals surface area contributed by atoms with Gasteiger partial charge in [0, 0.05) is 27.7 Å². The molecule has 1 heterocycles. The van der Waals surface area contributed by atoms with Crippen molar-refractivity contribution in [1.82, 2.24) is 4.57 Å². The van der Waals surface area contributed by atoms with Gasteiger partial charge in [-0.25, -0.2) is 4.79 Å². The second kappa shape index (κ2) is 7.92. The summed E-state index contributed by atoms with van der Waals surface area (Å²) in [6.45, 7) is 0. The maximum atomic E-state index is 13.0. The number of fused-ring (bicyclic) bond motifs is 1. The molecule has 3 aromatic carbocycles. The van der Waals surface area contributed by atoms with Gasteiger partial charge in [-0.05, 0) is 48.5 Å². The van der Waals surface area contributed by atoms with Crippen molar-refractivity contribution >= 4 is 28.3 Å². The summed E-state index contributed by atoms with van der Waals surface area (Å²) in [6.07, 6.45) is -3.26. The molecule has 0 saturated heterocycles. The second-order valence-electron chi connectivity index (χ2n) is 6.66. The minimum atomic E-state index is -4.57. The molecule has 0 amide bonds. The van der Waals surface area contributed by atoms with E-state index in [0.717, 1.165) is 18.2 Å². The van der Waals surface area contributed by atoms with Gasteiger partial charge in [-0.3, -0.25) is 9.36 Å². The number of ether oxygens (including phenoxy) is 1. The fourth-order valence-electron chi connectivity index (χ4n) is 3.15. The Morgan fingerprint density at radius 3 is 2.26 bits per heavy atom. The molecule has 0 aliphatic carbocycles. The summed E-state index contributed by atoms with van der Waals surface area (Å²) in [4.78, 5) is 25.9. The van der Waals surface area contributed by atoms with Crippen molar-refractivity contribution in [2.75, 3.05) is 0 Å². The molecule has 31 heavy (non-hydrogen) atoms. The van der Waals surface area contributed by atoms with Gasteiger partial charge in [-0.15, -0.1) is 0 Å². The van der Waals surface area contributed by atoms with Crippen LogP contribution in [0.15, 0.2) is 83.8 Å². The van der Waals surface area contributed by atoms with E-state index in [2.05, 4.69) is 0 Å². The summed E-state index contributed by atoms with van der Waals surface area (Å²) in [5.41, 5.74) is -0.807. The number of pyridine rings is 1. The lowest BCUT2D eigenvalue weighted by Gasteiger charge is -2.13. The normalized spacial score (nSPS) is 11.5. The first kappa shape index (κ1) is 20.7. The van der Waals surface area contributed by atoms with Gasteiger partial charge in [0.25, 0.3) is 5.56 Å². The van der Waals surface area contributed by atoms with Gasteiger partial charge in [0.1, 0.15) is 5.75 Å². The highest BCUT2D eigenvalue weighted by atomic mass is 35.5. The summed E-state index contributed by atoms with van der Waals surface area (Å²) >= 11 is 5.91. The van der Waals surface area contributed by atoms with Crippen molar-refractivity contribution in [2.24, 2.45) is 0 Å². The van der Waals surface area contributed by atoms with Crippen LogP contribution < -0.4 is 10.3 Å². The predicted molar refractivity (Wildman–Crippen MR) is 111 cm³/mol. The largest absolute Gasteiger partial charge is 0.423 e. The summed E-state index contributed by atoms with van der Waals surface area (Å²) in [7, 11) is 0. The molecule has 0 radical (unpaired) electrons. The third-order valence-electron chi connectivity index (χ3n) is 4.62. The molecule has 0 spiro atoms. The van der Waals surface area contributed by atoms with Crippen molar-refractivity contribution in [1.29, 1.82) is 0 Å². The molecule has 4 aromatic rings. The molecular weight excluding hydrogens is 431 g/mol. The van der Waals surface area contributed by atoms with Crippen LogP contribution in [0.1, 0.15) is 15.9 Å². The van der Waals surface area contributed by atoms with E-state index in [9.17, 15) is 22.8 Å². The number of nitrogens with zero attached hydrogens (tertiary/aromatic N) is 1. The van der Waals surface area contributed by atoms with E-state index >= 15 is 0 Å². The number of aromatic nitrogens is 1. The number of rotatable bonds is 3. The van der Waals surface area contributed by atoms with E-state index < -0.39 is 17.7 Å². The standard InChI is InChI=1S/C23H13ClF3NO3/c24-15-8-10-16(11-9-15)28-13-20(18-6-1-2-7-19(18)21(28)29)22(30)31-17-5-3-4-14(12-17)23(25,26)27/h1-13H. The fraction of sp³-hybridized carbons (Fsp3) is 0.0435. The maximum absolute atomic E-state index is 13.0. The van der Waals surface area contributed by atoms with Crippen molar-refractivity contribution in [3.8, 4) is 11.4 Å². The Kier molecular flexibility index (Phi) is 5.29. The minimum Gasteiger partial charge on any atom is -0.423 e. The number of carbonyl (C=O) groups is 1. The average Bonchev–Trinajstić information content (AvgIpc) is 2.74. The van der Waals surface area contributed by atoms with Gasteiger partial charge in [0.15, 0.2) is 0 Å². The maximum Gasteiger partial charge on any atom is 0.416 e. The highest BCUT2D eigenvalue weighted by Gasteiger charge is 2.31. The van der Waals surface area contributed by atoms with Gasteiger partial charge in [-0.1, -0.05) is 35.9 Å². The van der Waals surface area contributed by atoms with Crippen LogP contribution in [0.4, 0.5) is 13.2 Å². The van der Waals surface area contributed by atoms with Gasteiger partial charge < -0.3 is 4.74 Å². The first-order chi connectivity index (χ1) is 14.7. The number of benzene rings is 3. The van der Waals surface area contributed by atoms with Crippen molar-refractivity contribution in [3.63, 3.8) is 0 Å². The Labute approximate surface area is 179 Å². The van der Waals surface area contributed by atoms with Crippen LogP contribution in [0.25, 0.3) is 16.5 Å². The van der Waals surface area contributed by atoms with E-state index in [1.54, 1.807) is 48.5 Å². The predicted octanol–water partition coefficient (Wildman–Crippen LogP) is 5.88. The fourth-order valence-corrected chi connectivity index (χ4v) is 3.27. The Bertz CT molecular complexity index is 1350. The Hall–Kier alpha value is -3.58. The smallest absolute Gasteiger partial charge is 0.416 e. The minimum absolute atomic E-state index is 0.0301. The van der Waals surface area contributed by atoms with Crippen molar-refractivity contribution < 1.29 is 22.7 Å². The van der Waals surface area contributed by atoms with Crippen LogP contribution >= 0.6 is 11.6 Å². The lowest BCUT2D eigenvalue weighted by Crippen LogP contribution is -2.22. The van der Waals surface area contributed by atoms with Crippen LogP contribution in [-0.2, 0) is 6.18 Å². The van der Waals surface area contributed by atoms with Gasteiger partial charge in [-0.2, -0.15) is 13.2 Å². The van der Waals surface area contributed by atoms with Gasteiger partial charge >= 0.3 is 12.1 Å². The zero-order valence-electron chi connectivity index (χ0n) is 15.7. The van der Waals surface area contributed by atoms with E-state index in [1.807, 2.05) is 0 Å². The van der Waals surface area contributed by atoms with E-state index in [0.29, 0.717) is 16.1 Å². The molecule has 156 valence electrons. The van der Waals surface area contributed by atoms with Crippen molar-refractivity contribution in [2.45, 2.75) is 6.18 Å². The van der Waals surface area contributed by atoms with Crippen molar-refractivity contribution in [3.05, 3.63) is 105 Å². The topological polar surface area (TPSA) is 48.3 Å². The first-order valence-electron chi connectivity index (χ1n) is 9.04. The number of esters is 1. The zero-order chi connectivity index (χ0) is 22.2. The van der Waals surface area contributed by atoms with Gasteiger partial charge in [0.05, 0.1) is 11.1 Å². The molecule has 0 aliphatic heterocycles. The van der Waals surface area contributed by atoms with Crippen LogP contribution in [-0.4, -0.2) is 10.5 Å². The summed E-state index contributed by atoms with van der Waals surface area (Å²) in [5.74, 6) is -1.15. The molecule has 0 fully saturated rings.